The van der Waals surface area contributed by atoms with E-state index in [0.29, 0.717) is 12.8 Å². The molecule has 0 radical (unpaired) electrons. The number of ether oxygens (including phenoxy) is 1. The number of carbonyl (C=O) groups excluding carboxylic acids is 2. The van der Waals surface area contributed by atoms with E-state index >= 15 is 0 Å². The van der Waals surface area contributed by atoms with Gasteiger partial charge in [0.05, 0.1) is 6.54 Å². The maximum absolute atomic E-state index is 13.0. The second-order valence-corrected chi connectivity index (χ2v) is 7.90. The van der Waals surface area contributed by atoms with E-state index in [1.165, 1.54) is 16.7 Å². The minimum absolute atomic E-state index is 0.00261. The lowest BCUT2D eigenvalue weighted by Crippen LogP contribution is -2.43. The second-order valence-electron chi connectivity index (χ2n) is 7.90. The van der Waals surface area contributed by atoms with Crippen LogP contribution >= 0.6 is 0 Å². The fourth-order valence-corrected chi connectivity index (χ4v) is 3.54. The molecule has 0 saturated carbocycles. The van der Waals surface area contributed by atoms with Gasteiger partial charge < -0.3 is 15.4 Å². The number of halogens is 1. The summed E-state index contributed by atoms with van der Waals surface area (Å²) in [5.74, 6) is -1.80. The molecule has 0 fully saturated rings. The van der Waals surface area contributed by atoms with Gasteiger partial charge in [0.25, 0.3) is 11.5 Å². The standard InChI is InChI=1S/C25H27FN4O5/c1-2-14-29(20(31)16-35-21(32)13-10-17-8-11-19(26)12-9-17)22-23(27)30(25(34)28-24(22)33)15-18-6-4-3-5-7-18/h3-9,11-12H,2,10,13-16,27H2,1H3,(H,28,33,34). The van der Waals surface area contributed by atoms with Crippen molar-refractivity contribution in [2.75, 3.05) is 23.8 Å². The number of amides is 1. The molecule has 0 unspecified atom stereocenters. The Bertz CT molecular complexity index is 1290. The van der Waals surface area contributed by atoms with E-state index in [2.05, 4.69) is 4.98 Å². The third-order valence-electron chi connectivity index (χ3n) is 5.30. The van der Waals surface area contributed by atoms with Crippen LogP contribution in [-0.4, -0.2) is 34.6 Å². The molecule has 0 bridgehead atoms. The molecule has 1 heterocycles. The van der Waals surface area contributed by atoms with Gasteiger partial charge in [-0.05, 0) is 36.1 Å². The van der Waals surface area contributed by atoms with Gasteiger partial charge in [-0.3, -0.25) is 23.9 Å². The molecule has 1 aromatic heterocycles. The molecule has 0 saturated heterocycles. The van der Waals surface area contributed by atoms with E-state index in [1.807, 2.05) is 6.07 Å². The third kappa shape index (κ3) is 6.66. The Labute approximate surface area is 201 Å². The van der Waals surface area contributed by atoms with Crippen molar-refractivity contribution in [3.05, 3.63) is 92.4 Å². The molecule has 0 aliphatic carbocycles. The quantitative estimate of drug-likeness (QED) is 0.427. The average Bonchev–Trinajstić information content (AvgIpc) is 2.84. The number of anilines is 2. The van der Waals surface area contributed by atoms with Crippen molar-refractivity contribution < 1.29 is 18.7 Å². The first-order valence-electron chi connectivity index (χ1n) is 11.2. The summed E-state index contributed by atoms with van der Waals surface area (Å²) in [6.45, 7) is 1.43. The summed E-state index contributed by atoms with van der Waals surface area (Å²) in [4.78, 5) is 53.5. The third-order valence-corrected chi connectivity index (χ3v) is 5.30. The van der Waals surface area contributed by atoms with Crippen LogP contribution in [0.15, 0.2) is 64.2 Å². The first-order valence-corrected chi connectivity index (χ1v) is 11.2. The predicted octanol–water partition coefficient (Wildman–Crippen LogP) is 2.23. The molecular formula is C25H27FN4O5. The Morgan fingerprint density at radius 2 is 1.74 bits per heavy atom. The Morgan fingerprint density at radius 3 is 2.40 bits per heavy atom. The molecule has 9 nitrogen and oxygen atoms in total. The molecule has 2 aromatic carbocycles. The van der Waals surface area contributed by atoms with Crippen molar-refractivity contribution in [1.29, 1.82) is 0 Å². The largest absolute Gasteiger partial charge is 0.456 e. The van der Waals surface area contributed by atoms with Gasteiger partial charge in [0.2, 0.25) is 0 Å². The maximum Gasteiger partial charge on any atom is 0.330 e. The topological polar surface area (TPSA) is 127 Å². The van der Waals surface area contributed by atoms with Crippen LogP contribution in [0.3, 0.4) is 0 Å². The number of hydrogen-bond acceptors (Lipinski definition) is 6. The van der Waals surface area contributed by atoms with Gasteiger partial charge in [-0.1, -0.05) is 49.4 Å². The van der Waals surface area contributed by atoms with E-state index in [-0.39, 0.29) is 36.8 Å². The van der Waals surface area contributed by atoms with Crippen LogP contribution in [0.4, 0.5) is 15.9 Å². The lowest BCUT2D eigenvalue weighted by Gasteiger charge is -2.24. The number of hydrogen-bond donors (Lipinski definition) is 2. The molecule has 10 heteroatoms. The second kappa shape index (κ2) is 11.8. The molecule has 0 spiro atoms. The molecule has 184 valence electrons. The van der Waals surface area contributed by atoms with Crippen LogP contribution in [0.2, 0.25) is 0 Å². The van der Waals surface area contributed by atoms with Crippen LogP contribution in [0.5, 0.6) is 0 Å². The van der Waals surface area contributed by atoms with Crippen LogP contribution in [0.25, 0.3) is 0 Å². The number of rotatable bonds is 10. The summed E-state index contributed by atoms with van der Waals surface area (Å²) < 4.78 is 19.3. The molecule has 0 aliphatic heterocycles. The Kier molecular flexibility index (Phi) is 8.55. The van der Waals surface area contributed by atoms with Gasteiger partial charge >= 0.3 is 11.7 Å². The monoisotopic (exact) mass is 482 g/mol. The summed E-state index contributed by atoms with van der Waals surface area (Å²) in [7, 11) is 0. The number of benzene rings is 2. The smallest absolute Gasteiger partial charge is 0.330 e. The van der Waals surface area contributed by atoms with E-state index < -0.39 is 29.7 Å². The first-order chi connectivity index (χ1) is 16.8. The van der Waals surface area contributed by atoms with Crippen LogP contribution < -0.4 is 21.9 Å². The summed E-state index contributed by atoms with van der Waals surface area (Å²) in [6.07, 6.45) is 0.807. The van der Waals surface area contributed by atoms with Crippen LogP contribution in [0.1, 0.15) is 30.9 Å². The maximum atomic E-state index is 13.0. The predicted molar refractivity (Wildman–Crippen MR) is 130 cm³/mol. The van der Waals surface area contributed by atoms with E-state index in [4.69, 9.17) is 10.5 Å². The van der Waals surface area contributed by atoms with Crippen molar-refractivity contribution in [1.82, 2.24) is 9.55 Å². The van der Waals surface area contributed by atoms with E-state index in [0.717, 1.165) is 16.0 Å². The number of esters is 1. The lowest BCUT2D eigenvalue weighted by molar-refractivity contribution is -0.147. The number of H-pyrrole nitrogens is 1. The number of aryl methyl sites for hydroxylation is 1. The average molecular weight is 483 g/mol. The van der Waals surface area contributed by atoms with Crippen molar-refractivity contribution in [2.45, 2.75) is 32.7 Å². The summed E-state index contributed by atoms with van der Waals surface area (Å²) in [5, 5.41) is 0. The molecule has 3 aromatic rings. The Hall–Kier alpha value is -4.21. The fraction of sp³-hybridized carbons (Fsp3) is 0.280. The first kappa shape index (κ1) is 25.4. The van der Waals surface area contributed by atoms with Gasteiger partial charge in [-0.2, -0.15) is 0 Å². The highest BCUT2D eigenvalue weighted by Gasteiger charge is 2.24. The summed E-state index contributed by atoms with van der Waals surface area (Å²) >= 11 is 0. The highest BCUT2D eigenvalue weighted by atomic mass is 19.1. The Morgan fingerprint density at radius 1 is 1.06 bits per heavy atom. The number of nitrogens with one attached hydrogen (secondary N) is 1. The number of nitrogens with zero attached hydrogens (tertiary/aromatic N) is 2. The number of nitrogens with two attached hydrogens (primary N) is 1. The van der Waals surface area contributed by atoms with Crippen LogP contribution in [-0.2, 0) is 27.3 Å². The minimum atomic E-state index is -0.804. The normalized spacial score (nSPS) is 10.7. The number of nitrogen functional groups attached to an aromatic ring is 1. The zero-order valence-electron chi connectivity index (χ0n) is 19.3. The highest BCUT2D eigenvalue weighted by molar-refractivity contribution is 5.97. The number of aromatic amines is 1. The minimum Gasteiger partial charge on any atom is -0.456 e. The van der Waals surface area contributed by atoms with E-state index in [9.17, 15) is 23.6 Å². The van der Waals surface area contributed by atoms with Gasteiger partial charge in [-0.15, -0.1) is 0 Å². The molecule has 3 rings (SSSR count). The SMILES string of the molecule is CCCN(C(=O)COC(=O)CCc1ccc(F)cc1)c1c(N)n(Cc2ccccc2)c(=O)[nH]c1=O. The van der Waals surface area contributed by atoms with Gasteiger partial charge in [0.15, 0.2) is 12.3 Å². The lowest BCUT2D eigenvalue weighted by atomic mass is 10.1. The number of carbonyl (C=O) groups is 2. The molecule has 35 heavy (non-hydrogen) atoms. The molecular weight excluding hydrogens is 455 g/mol. The molecule has 1 amide bonds. The molecule has 0 aliphatic rings. The van der Waals surface area contributed by atoms with Gasteiger partial charge in [-0.25, -0.2) is 9.18 Å². The van der Waals surface area contributed by atoms with E-state index in [1.54, 1.807) is 43.3 Å². The Balaban J connectivity index is 1.74. The highest BCUT2D eigenvalue weighted by Crippen LogP contribution is 2.18. The summed E-state index contributed by atoms with van der Waals surface area (Å²) in [5.41, 5.74) is 6.05. The number of aromatic nitrogens is 2. The van der Waals surface area contributed by atoms with Crippen molar-refractivity contribution >= 4 is 23.4 Å². The van der Waals surface area contributed by atoms with Crippen molar-refractivity contribution in [2.24, 2.45) is 0 Å². The van der Waals surface area contributed by atoms with Gasteiger partial charge in [0, 0.05) is 13.0 Å². The zero-order chi connectivity index (χ0) is 25.4. The van der Waals surface area contributed by atoms with Crippen LogP contribution in [0, 0.1) is 5.82 Å². The van der Waals surface area contributed by atoms with Gasteiger partial charge in [0.1, 0.15) is 11.6 Å². The summed E-state index contributed by atoms with van der Waals surface area (Å²) in [6, 6.07) is 14.8. The zero-order valence-corrected chi connectivity index (χ0v) is 19.3. The fourth-order valence-electron chi connectivity index (χ4n) is 3.54. The van der Waals surface area contributed by atoms with Crippen molar-refractivity contribution in [3.63, 3.8) is 0 Å². The molecule has 3 N–H and O–H groups in total. The van der Waals surface area contributed by atoms with Crippen molar-refractivity contribution in [3.8, 4) is 0 Å². The molecule has 0 atom stereocenters.